The van der Waals surface area contributed by atoms with Crippen molar-refractivity contribution in [2.24, 2.45) is 5.10 Å². The topological polar surface area (TPSA) is 74.9 Å². The number of benzene rings is 2. The van der Waals surface area contributed by atoms with Gasteiger partial charge in [0.25, 0.3) is 11.8 Å². The number of hydrogen-bond acceptors (Lipinski definition) is 5. The number of para-hydroxylation sites is 1. The predicted octanol–water partition coefficient (Wildman–Crippen LogP) is 4.01. The summed E-state index contributed by atoms with van der Waals surface area (Å²) in [6.45, 7) is 2.14. The van der Waals surface area contributed by atoms with Crippen LogP contribution in [0.1, 0.15) is 33.4 Å². The molecule has 0 bridgehead atoms. The van der Waals surface area contributed by atoms with Crippen LogP contribution in [-0.4, -0.2) is 29.5 Å². The van der Waals surface area contributed by atoms with Gasteiger partial charge in [-0.1, -0.05) is 24.3 Å². The number of hydrogen-bond donors (Lipinski definition) is 1. The van der Waals surface area contributed by atoms with Crippen molar-refractivity contribution in [2.45, 2.75) is 6.92 Å². The molecular formula is C21H17N3O3. The maximum absolute atomic E-state index is 12.3. The summed E-state index contributed by atoms with van der Waals surface area (Å²) in [4.78, 5) is 25.8. The number of rotatable bonds is 5. The highest BCUT2D eigenvalue weighted by molar-refractivity contribution is 6.21. The quantitative estimate of drug-likeness (QED) is 0.424. The van der Waals surface area contributed by atoms with E-state index < -0.39 is 0 Å². The predicted molar refractivity (Wildman–Crippen MR) is 103 cm³/mol. The van der Waals surface area contributed by atoms with E-state index in [1.165, 1.54) is 4.90 Å². The third-order valence-corrected chi connectivity index (χ3v) is 4.36. The SMILES string of the molecule is CCN1C(=O)c2ccc(-c3ccc(C=NNc4ccccc4)o3)cc2C1=O. The first kappa shape index (κ1) is 16.8. The Bertz CT molecular complexity index is 1040. The highest BCUT2D eigenvalue weighted by atomic mass is 16.3. The fraction of sp³-hybridized carbons (Fsp3) is 0.0952. The number of fused-ring (bicyclic) bond motifs is 1. The van der Waals surface area contributed by atoms with E-state index in [0.717, 1.165) is 11.3 Å². The molecule has 0 saturated heterocycles. The molecule has 1 aliphatic rings. The van der Waals surface area contributed by atoms with E-state index in [0.29, 0.717) is 29.2 Å². The van der Waals surface area contributed by atoms with Crippen LogP contribution < -0.4 is 5.43 Å². The van der Waals surface area contributed by atoms with Gasteiger partial charge in [0.05, 0.1) is 23.0 Å². The first-order valence-electron chi connectivity index (χ1n) is 8.62. The third-order valence-electron chi connectivity index (χ3n) is 4.36. The summed E-state index contributed by atoms with van der Waals surface area (Å²) < 4.78 is 5.78. The lowest BCUT2D eigenvalue weighted by Gasteiger charge is -2.08. The zero-order valence-corrected chi connectivity index (χ0v) is 14.7. The zero-order chi connectivity index (χ0) is 18.8. The first-order chi connectivity index (χ1) is 13.2. The van der Waals surface area contributed by atoms with E-state index in [4.69, 9.17) is 4.42 Å². The molecule has 6 heteroatoms. The van der Waals surface area contributed by atoms with Crippen molar-refractivity contribution in [3.8, 4) is 11.3 Å². The van der Waals surface area contributed by atoms with E-state index in [9.17, 15) is 9.59 Å². The fourth-order valence-corrected chi connectivity index (χ4v) is 2.99. The molecule has 0 spiro atoms. The molecular weight excluding hydrogens is 342 g/mol. The van der Waals surface area contributed by atoms with E-state index in [1.807, 2.05) is 36.4 Å². The number of anilines is 1. The molecule has 3 aromatic rings. The molecule has 1 N–H and O–H groups in total. The molecule has 2 aromatic carbocycles. The largest absolute Gasteiger partial charge is 0.455 e. The molecule has 134 valence electrons. The standard InChI is InChI=1S/C21H17N3O3/c1-2-24-20(25)17-10-8-14(12-18(17)21(24)26)19-11-9-16(27-19)13-22-23-15-6-4-3-5-7-15/h3-13,23H,2H2,1H3. The van der Waals surface area contributed by atoms with Gasteiger partial charge in [-0.25, -0.2) is 0 Å². The van der Waals surface area contributed by atoms with Crippen molar-refractivity contribution < 1.29 is 14.0 Å². The van der Waals surface area contributed by atoms with Gasteiger partial charge < -0.3 is 4.42 Å². The molecule has 1 aliphatic heterocycles. The van der Waals surface area contributed by atoms with Crippen LogP contribution >= 0.6 is 0 Å². The molecule has 0 radical (unpaired) electrons. The number of nitrogens with one attached hydrogen (secondary N) is 1. The van der Waals surface area contributed by atoms with Gasteiger partial charge in [-0.2, -0.15) is 5.10 Å². The highest BCUT2D eigenvalue weighted by Crippen LogP contribution is 2.29. The maximum atomic E-state index is 12.3. The Morgan fingerprint density at radius 3 is 2.56 bits per heavy atom. The Morgan fingerprint density at radius 2 is 1.78 bits per heavy atom. The molecule has 0 aliphatic carbocycles. The molecule has 27 heavy (non-hydrogen) atoms. The fourth-order valence-electron chi connectivity index (χ4n) is 2.99. The van der Waals surface area contributed by atoms with Gasteiger partial charge in [-0.15, -0.1) is 0 Å². The van der Waals surface area contributed by atoms with Crippen LogP contribution in [0.4, 0.5) is 5.69 Å². The van der Waals surface area contributed by atoms with Crippen molar-refractivity contribution in [3.63, 3.8) is 0 Å². The van der Waals surface area contributed by atoms with Gasteiger partial charge in [-0.3, -0.25) is 19.9 Å². The maximum Gasteiger partial charge on any atom is 0.261 e. The second-order valence-electron chi connectivity index (χ2n) is 6.05. The molecule has 1 aromatic heterocycles. The van der Waals surface area contributed by atoms with Crippen LogP contribution in [0, 0.1) is 0 Å². The lowest BCUT2D eigenvalue weighted by atomic mass is 10.0. The summed E-state index contributed by atoms with van der Waals surface area (Å²) in [6, 6.07) is 18.4. The normalized spacial score (nSPS) is 13.4. The number of amides is 2. The monoisotopic (exact) mass is 359 g/mol. The van der Waals surface area contributed by atoms with Crippen molar-refractivity contribution in [1.82, 2.24) is 4.90 Å². The molecule has 0 fully saturated rings. The van der Waals surface area contributed by atoms with Crippen LogP contribution in [0.3, 0.4) is 0 Å². The average molecular weight is 359 g/mol. The number of hydrazone groups is 1. The number of carbonyl (C=O) groups excluding carboxylic acids is 2. The molecule has 0 atom stereocenters. The van der Waals surface area contributed by atoms with Gasteiger partial charge in [0.2, 0.25) is 0 Å². The summed E-state index contributed by atoms with van der Waals surface area (Å²) in [5.41, 5.74) is 5.39. The zero-order valence-electron chi connectivity index (χ0n) is 14.7. The van der Waals surface area contributed by atoms with Crippen LogP contribution in [0.15, 0.2) is 70.2 Å². The molecule has 2 heterocycles. The van der Waals surface area contributed by atoms with Crippen molar-refractivity contribution in [2.75, 3.05) is 12.0 Å². The molecule has 0 saturated carbocycles. The molecule has 2 amide bonds. The number of nitrogens with zero attached hydrogens (tertiary/aromatic N) is 2. The summed E-state index contributed by atoms with van der Waals surface area (Å²) in [5.74, 6) is 0.670. The van der Waals surface area contributed by atoms with Gasteiger partial charge in [0.15, 0.2) is 0 Å². The van der Waals surface area contributed by atoms with E-state index >= 15 is 0 Å². The van der Waals surface area contributed by atoms with Crippen LogP contribution in [0.5, 0.6) is 0 Å². The average Bonchev–Trinajstić information content (AvgIpc) is 3.26. The Balaban J connectivity index is 1.53. The Labute approximate surface area is 156 Å². The smallest absolute Gasteiger partial charge is 0.261 e. The molecule has 4 rings (SSSR count). The highest BCUT2D eigenvalue weighted by Gasteiger charge is 2.34. The van der Waals surface area contributed by atoms with Crippen LogP contribution in [0.25, 0.3) is 11.3 Å². The number of furan rings is 1. The van der Waals surface area contributed by atoms with Gasteiger partial charge in [0, 0.05) is 12.1 Å². The lowest BCUT2D eigenvalue weighted by Crippen LogP contribution is -2.29. The van der Waals surface area contributed by atoms with Crippen LogP contribution in [0.2, 0.25) is 0 Å². The van der Waals surface area contributed by atoms with Crippen molar-refractivity contribution >= 4 is 23.7 Å². The second kappa shape index (κ2) is 6.92. The van der Waals surface area contributed by atoms with E-state index in [2.05, 4.69) is 10.5 Å². The molecule has 0 unspecified atom stereocenters. The number of carbonyl (C=O) groups is 2. The second-order valence-corrected chi connectivity index (χ2v) is 6.05. The Kier molecular flexibility index (Phi) is 4.30. The van der Waals surface area contributed by atoms with Gasteiger partial charge in [0.1, 0.15) is 11.5 Å². The summed E-state index contributed by atoms with van der Waals surface area (Å²) in [6.07, 6.45) is 1.58. The third kappa shape index (κ3) is 3.13. The minimum absolute atomic E-state index is 0.247. The van der Waals surface area contributed by atoms with Gasteiger partial charge in [-0.05, 0) is 43.3 Å². The Morgan fingerprint density at radius 1 is 1.00 bits per heavy atom. The van der Waals surface area contributed by atoms with E-state index in [1.54, 1.807) is 37.4 Å². The lowest BCUT2D eigenvalue weighted by molar-refractivity contribution is 0.0663. The summed E-state index contributed by atoms with van der Waals surface area (Å²) >= 11 is 0. The minimum atomic E-state index is -0.264. The van der Waals surface area contributed by atoms with Crippen molar-refractivity contribution in [1.29, 1.82) is 0 Å². The van der Waals surface area contributed by atoms with Crippen LogP contribution in [-0.2, 0) is 0 Å². The summed E-state index contributed by atoms with van der Waals surface area (Å²) in [7, 11) is 0. The number of imide groups is 1. The van der Waals surface area contributed by atoms with E-state index in [-0.39, 0.29) is 11.8 Å². The Hall–Kier alpha value is -3.67. The molecule has 6 nitrogen and oxygen atoms in total. The first-order valence-corrected chi connectivity index (χ1v) is 8.62. The summed E-state index contributed by atoms with van der Waals surface area (Å²) in [5, 5.41) is 4.15. The minimum Gasteiger partial charge on any atom is -0.455 e. The van der Waals surface area contributed by atoms with Crippen molar-refractivity contribution in [3.05, 3.63) is 77.6 Å². The van der Waals surface area contributed by atoms with Gasteiger partial charge >= 0.3 is 0 Å².